The van der Waals surface area contributed by atoms with Crippen LogP contribution in [0.4, 0.5) is 4.79 Å². The molecule has 0 radical (unpaired) electrons. The second-order valence-corrected chi connectivity index (χ2v) is 6.93. The normalized spacial score (nSPS) is 14.1. The lowest BCUT2D eigenvalue weighted by Gasteiger charge is -2.10. The fraction of sp³-hybridized carbons (Fsp3) is 0.900. The molecule has 0 saturated carbocycles. The molecule has 0 aliphatic rings. The van der Waals surface area contributed by atoms with E-state index in [9.17, 15) is 9.36 Å². The minimum Gasteiger partial charge on any atom is -0.450 e. The second-order valence-electron chi connectivity index (χ2n) is 3.50. The van der Waals surface area contributed by atoms with E-state index in [2.05, 4.69) is 5.32 Å². The number of carbonyl (C=O) groups excluding carboxylic acids is 1. The third-order valence-corrected chi connectivity index (χ3v) is 4.22. The van der Waals surface area contributed by atoms with Gasteiger partial charge in [0.1, 0.15) is 0 Å². The predicted octanol–water partition coefficient (Wildman–Crippen LogP) is 3.37. The Balaban J connectivity index is 3.50. The molecule has 0 aliphatic carbocycles. The summed E-state index contributed by atoms with van der Waals surface area (Å²) in [6.45, 7) is 1.89. The molecule has 0 heterocycles. The summed E-state index contributed by atoms with van der Waals surface area (Å²) in [7, 11) is 0. The van der Waals surface area contributed by atoms with E-state index in [-0.39, 0.29) is 6.16 Å². The maximum absolute atomic E-state index is 11.5. The molecule has 1 atom stereocenters. The summed E-state index contributed by atoms with van der Waals surface area (Å²) < 4.78 is 21.2. The van der Waals surface area contributed by atoms with Gasteiger partial charge in [0, 0.05) is 12.7 Å². The van der Waals surface area contributed by atoms with E-state index in [1.807, 2.05) is 6.92 Å². The minimum atomic E-state index is -3.00. The molecule has 5 nitrogen and oxygen atoms in total. The molecular formula is C10H21ClNO4P. The molecule has 0 rings (SSSR count). The van der Waals surface area contributed by atoms with Gasteiger partial charge in [0.25, 0.3) is 6.72 Å². The van der Waals surface area contributed by atoms with E-state index in [4.69, 9.17) is 20.5 Å². The van der Waals surface area contributed by atoms with Crippen molar-refractivity contribution in [3.05, 3.63) is 0 Å². The van der Waals surface area contributed by atoms with Gasteiger partial charge in [-0.05, 0) is 31.0 Å². The number of hydrogen-bond donors (Lipinski definition) is 1. The molecule has 0 saturated heterocycles. The molecule has 7 heteroatoms. The van der Waals surface area contributed by atoms with Crippen molar-refractivity contribution in [3.8, 4) is 0 Å². The van der Waals surface area contributed by atoms with Crippen LogP contribution in [-0.4, -0.2) is 32.0 Å². The van der Waals surface area contributed by atoms with Crippen LogP contribution in [0.25, 0.3) is 0 Å². The lowest BCUT2D eigenvalue weighted by atomic mass is 10.4. The standard InChI is InChI=1S/C10H21ClNO4P/c1-3-5-8-15-10(13)12-7-6-9-17(11,14)16-4-2/h3-9H2,1-2H3,(H,12,13). The van der Waals surface area contributed by atoms with Crippen molar-refractivity contribution < 1.29 is 18.6 Å². The van der Waals surface area contributed by atoms with Gasteiger partial charge in [0.2, 0.25) is 0 Å². The van der Waals surface area contributed by atoms with E-state index in [1.165, 1.54) is 0 Å². The monoisotopic (exact) mass is 285 g/mol. The topological polar surface area (TPSA) is 64.6 Å². The fourth-order valence-corrected chi connectivity index (χ4v) is 2.78. The van der Waals surface area contributed by atoms with Gasteiger partial charge in [0.05, 0.1) is 13.2 Å². The highest BCUT2D eigenvalue weighted by molar-refractivity contribution is 7.85. The Morgan fingerprint density at radius 1 is 1.35 bits per heavy atom. The number of rotatable bonds is 9. The first-order valence-corrected chi connectivity index (χ1v) is 8.57. The lowest BCUT2D eigenvalue weighted by molar-refractivity contribution is 0.144. The highest BCUT2D eigenvalue weighted by atomic mass is 35.7. The van der Waals surface area contributed by atoms with E-state index in [1.54, 1.807) is 6.92 Å². The smallest absolute Gasteiger partial charge is 0.407 e. The summed E-state index contributed by atoms with van der Waals surface area (Å²) in [4.78, 5) is 11.1. The average Bonchev–Trinajstić information content (AvgIpc) is 2.25. The Bertz CT molecular complexity index is 263. The van der Waals surface area contributed by atoms with Crippen molar-refractivity contribution in [2.24, 2.45) is 0 Å². The van der Waals surface area contributed by atoms with Crippen molar-refractivity contribution in [1.82, 2.24) is 5.32 Å². The zero-order valence-corrected chi connectivity index (χ0v) is 12.1. The van der Waals surface area contributed by atoms with Crippen LogP contribution in [0.5, 0.6) is 0 Å². The summed E-state index contributed by atoms with van der Waals surface area (Å²) >= 11 is 5.64. The molecule has 1 unspecified atom stereocenters. The molecule has 17 heavy (non-hydrogen) atoms. The van der Waals surface area contributed by atoms with Gasteiger partial charge in [-0.1, -0.05) is 13.3 Å². The Morgan fingerprint density at radius 3 is 2.65 bits per heavy atom. The van der Waals surface area contributed by atoms with Crippen molar-refractivity contribution in [3.63, 3.8) is 0 Å². The van der Waals surface area contributed by atoms with Crippen LogP contribution in [-0.2, 0) is 13.8 Å². The number of hydrogen-bond acceptors (Lipinski definition) is 4. The Labute approximate surface area is 107 Å². The summed E-state index contributed by atoms with van der Waals surface area (Å²) in [6, 6.07) is 0. The van der Waals surface area contributed by atoms with Gasteiger partial charge >= 0.3 is 6.09 Å². The van der Waals surface area contributed by atoms with Crippen molar-refractivity contribution in [1.29, 1.82) is 0 Å². The zero-order chi connectivity index (χ0) is 13.1. The lowest BCUT2D eigenvalue weighted by Crippen LogP contribution is -2.26. The van der Waals surface area contributed by atoms with Crippen LogP contribution >= 0.6 is 18.0 Å². The maximum Gasteiger partial charge on any atom is 0.407 e. The summed E-state index contributed by atoms with van der Waals surface area (Å²) in [5, 5.41) is 2.56. The van der Waals surface area contributed by atoms with Crippen LogP contribution in [0.15, 0.2) is 0 Å². The van der Waals surface area contributed by atoms with E-state index in [0.29, 0.717) is 26.2 Å². The molecule has 102 valence electrons. The molecule has 0 bridgehead atoms. The molecule has 1 N–H and O–H groups in total. The first kappa shape index (κ1) is 16.8. The number of ether oxygens (including phenoxy) is 1. The third kappa shape index (κ3) is 10.6. The first-order chi connectivity index (χ1) is 8.02. The fourth-order valence-electron chi connectivity index (χ4n) is 1.08. The highest BCUT2D eigenvalue weighted by Crippen LogP contribution is 2.52. The highest BCUT2D eigenvalue weighted by Gasteiger charge is 2.17. The molecule has 0 fully saturated rings. The SMILES string of the molecule is CCCCOC(=O)NCCCP(=O)(Cl)OCC. The molecular weight excluding hydrogens is 265 g/mol. The first-order valence-electron chi connectivity index (χ1n) is 5.85. The Hall–Kier alpha value is -0.250. The second kappa shape index (κ2) is 9.75. The van der Waals surface area contributed by atoms with Crippen molar-refractivity contribution in [2.75, 3.05) is 25.9 Å². The average molecular weight is 286 g/mol. The van der Waals surface area contributed by atoms with Gasteiger partial charge in [-0.3, -0.25) is 4.57 Å². The van der Waals surface area contributed by atoms with Gasteiger partial charge in [-0.15, -0.1) is 0 Å². The van der Waals surface area contributed by atoms with Gasteiger partial charge in [-0.2, -0.15) is 0 Å². The number of nitrogens with one attached hydrogen (secondary N) is 1. The number of halogens is 1. The van der Waals surface area contributed by atoms with E-state index < -0.39 is 12.8 Å². The Morgan fingerprint density at radius 2 is 2.06 bits per heavy atom. The van der Waals surface area contributed by atoms with E-state index >= 15 is 0 Å². The predicted molar refractivity (Wildman–Crippen MR) is 68.8 cm³/mol. The maximum atomic E-state index is 11.5. The summed E-state index contributed by atoms with van der Waals surface area (Å²) in [6.07, 6.45) is 2.15. The van der Waals surface area contributed by atoms with Crippen molar-refractivity contribution in [2.45, 2.75) is 33.1 Å². The molecule has 0 aromatic carbocycles. The van der Waals surface area contributed by atoms with Gasteiger partial charge in [-0.25, -0.2) is 4.79 Å². The van der Waals surface area contributed by atoms with Crippen LogP contribution in [0.2, 0.25) is 0 Å². The molecule has 0 aliphatic heterocycles. The zero-order valence-electron chi connectivity index (χ0n) is 10.4. The van der Waals surface area contributed by atoms with Crippen LogP contribution < -0.4 is 5.32 Å². The number of alkyl carbamates (subject to hydrolysis) is 1. The molecule has 0 aromatic heterocycles. The minimum absolute atomic E-state index is 0.248. The largest absolute Gasteiger partial charge is 0.450 e. The van der Waals surface area contributed by atoms with Gasteiger partial charge < -0.3 is 14.6 Å². The summed E-state index contributed by atoms with van der Waals surface area (Å²) in [5.74, 6) is 0. The molecule has 1 amide bonds. The van der Waals surface area contributed by atoms with Crippen molar-refractivity contribution >= 4 is 24.1 Å². The molecule has 0 spiro atoms. The third-order valence-electron chi connectivity index (χ3n) is 1.92. The molecule has 0 aromatic rings. The van der Waals surface area contributed by atoms with Crippen LogP contribution in [0, 0.1) is 0 Å². The number of carbonyl (C=O) groups is 1. The van der Waals surface area contributed by atoms with Crippen LogP contribution in [0.3, 0.4) is 0 Å². The quantitative estimate of drug-likeness (QED) is 0.521. The van der Waals surface area contributed by atoms with Crippen LogP contribution in [0.1, 0.15) is 33.1 Å². The number of unbranched alkanes of at least 4 members (excludes halogenated alkanes) is 1. The van der Waals surface area contributed by atoms with Gasteiger partial charge in [0.15, 0.2) is 0 Å². The number of amides is 1. The Kier molecular flexibility index (Phi) is 9.60. The summed E-state index contributed by atoms with van der Waals surface area (Å²) in [5.41, 5.74) is 0. The van der Waals surface area contributed by atoms with E-state index in [0.717, 1.165) is 12.8 Å².